The molecule has 23 heavy (non-hydrogen) atoms. The van der Waals surface area contributed by atoms with Crippen molar-refractivity contribution in [1.29, 1.82) is 0 Å². The quantitative estimate of drug-likeness (QED) is 0.396. The highest BCUT2D eigenvalue weighted by atomic mass is 19.1. The second-order valence-corrected chi connectivity index (χ2v) is 3.93. The third kappa shape index (κ3) is 5.39. The highest BCUT2D eigenvalue weighted by Crippen LogP contribution is 2.18. The minimum atomic E-state index is -1.87. The zero-order valence-electron chi connectivity index (χ0n) is 11.8. The summed E-state index contributed by atoms with van der Waals surface area (Å²) in [6.07, 6.45) is -2.94. The Labute approximate surface area is 128 Å². The van der Waals surface area contributed by atoms with E-state index in [9.17, 15) is 18.4 Å². The molecular formula is C12H13F2N3O6. The Balaban J connectivity index is 2.88. The van der Waals surface area contributed by atoms with Crippen LogP contribution < -0.4 is 5.43 Å². The molecule has 9 nitrogen and oxygen atoms in total. The fraction of sp³-hybridized carbons (Fsp3) is 0.250. The van der Waals surface area contributed by atoms with E-state index >= 15 is 0 Å². The maximum atomic E-state index is 13.8. The van der Waals surface area contributed by atoms with E-state index in [1.807, 2.05) is 5.43 Å². The number of carbonyl (C=O) groups is 2. The van der Waals surface area contributed by atoms with E-state index in [0.29, 0.717) is 12.1 Å². The van der Waals surface area contributed by atoms with Crippen molar-refractivity contribution in [1.82, 2.24) is 5.01 Å². The van der Waals surface area contributed by atoms with Crippen LogP contribution in [0.1, 0.15) is 5.56 Å². The van der Waals surface area contributed by atoms with E-state index in [1.165, 1.54) is 7.11 Å². The molecule has 1 aromatic rings. The molecule has 0 heterocycles. The molecule has 0 saturated heterocycles. The number of rotatable bonds is 7. The summed E-state index contributed by atoms with van der Waals surface area (Å²) in [5, 5.41) is 20.4. The van der Waals surface area contributed by atoms with Crippen LogP contribution in [0.3, 0.4) is 0 Å². The van der Waals surface area contributed by atoms with E-state index in [-0.39, 0.29) is 18.2 Å². The number of oxime groups is 1. The van der Waals surface area contributed by atoms with Gasteiger partial charge in [0.2, 0.25) is 0 Å². The second kappa shape index (κ2) is 8.48. The summed E-state index contributed by atoms with van der Waals surface area (Å²) in [6, 6.07) is 1.41. The highest BCUT2D eigenvalue weighted by Gasteiger charge is 2.21. The Hall–Kier alpha value is -2.95. The number of hydrogen-bond acceptors (Lipinski definition) is 6. The highest BCUT2D eigenvalue weighted by molar-refractivity contribution is 5.87. The number of amides is 2. The van der Waals surface area contributed by atoms with E-state index in [2.05, 4.69) is 14.7 Å². The van der Waals surface area contributed by atoms with E-state index in [0.717, 1.165) is 6.21 Å². The van der Waals surface area contributed by atoms with Gasteiger partial charge in [0.05, 0.1) is 24.1 Å². The topological polar surface area (TPSA) is 121 Å². The summed E-state index contributed by atoms with van der Waals surface area (Å²) < 4.78 is 32.2. The summed E-state index contributed by atoms with van der Waals surface area (Å²) in [6.45, 7) is 0.327. The van der Waals surface area contributed by atoms with E-state index < -0.39 is 35.1 Å². The fourth-order valence-electron chi connectivity index (χ4n) is 1.34. The molecule has 0 atom stereocenters. The Morgan fingerprint density at radius 1 is 1.26 bits per heavy atom. The summed E-state index contributed by atoms with van der Waals surface area (Å²) in [4.78, 5) is 26.0. The lowest BCUT2D eigenvalue weighted by molar-refractivity contribution is 0.0759. The van der Waals surface area contributed by atoms with Gasteiger partial charge in [-0.25, -0.2) is 18.4 Å². The summed E-state index contributed by atoms with van der Waals surface area (Å²) in [5.41, 5.74) is 0.881. The van der Waals surface area contributed by atoms with Gasteiger partial charge in [-0.15, -0.1) is 5.01 Å². The average Bonchev–Trinajstić information content (AvgIpc) is 2.46. The first-order chi connectivity index (χ1) is 10.9. The smallest absolute Gasteiger partial charge is 0.436 e. The summed E-state index contributed by atoms with van der Waals surface area (Å²) >= 11 is 0. The zero-order valence-corrected chi connectivity index (χ0v) is 11.8. The van der Waals surface area contributed by atoms with Crippen molar-refractivity contribution in [2.24, 2.45) is 5.16 Å². The van der Waals surface area contributed by atoms with Crippen molar-refractivity contribution in [2.45, 2.75) is 0 Å². The van der Waals surface area contributed by atoms with Gasteiger partial charge in [-0.05, 0) is 12.1 Å². The lowest BCUT2D eigenvalue weighted by Gasteiger charge is -2.16. The molecule has 0 aliphatic carbocycles. The maximum absolute atomic E-state index is 13.8. The summed E-state index contributed by atoms with van der Waals surface area (Å²) in [7, 11) is 1.44. The molecule has 3 N–H and O–H groups in total. The Morgan fingerprint density at radius 3 is 2.30 bits per heavy atom. The van der Waals surface area contributed by atoms with Gasteiger partial charge in [-0.1, -0.05) is 5.16 Å². The van der Waals surface area contributed by atoms with Crippen molar-refractivity contribution < 1.29 is 38.2 Å². The summed E-state index contributed by atoms with van der Waals surface area (Å²) in [5.74, 6) is -2.19. The third-order valence-electron chi connectivity index (χ3n) is 2.34. The zero-order chi connectivity index (χ0) is 17.4. The molecule has 0 aromatic heterocycles. The van der Waals surface area contributed by atoms with E-state index in [4.69, 9.17) is 10.2 Å². The normalized spacial score (nSPS) is 10.6. The predicted molar refractivity (Wildman–Crippen MR) is 73.3 cm³/mol. The monoisotopic (exact) mass is 333 g/mol. The predicted octanol–water partition coefficient (Wildman–Crippen LogP) is 1.95. The lowest BCUT2D eigenvalue weighted by Crippen LogP contribution is -2.39. The first-order valence-corrected chi connectivity index (χ1v) is 6.02. The van der Waals surface area contributed by atoms with Gasteiger partial charge >= 0.3 is 12.2 Å². The second-order valence-electron chi connectivity index (χ2n) is 3.93. The van der Waals surface area contributed by atoms with Crippen LogP contribution in [0.2, 0.25) is 0 Å². The molecule has 1 aromatic carbocycles. The van der Waals surface area contributed by atoms with Crippen molar-refractivity contribution in [3.05, 3.63) is 29.3 Å². The number of nitrogens with one attached hydrogen (secondary N) is 1. The number of hydrazine groups is 1. The van der Waals surface area contributed by atoms with Crippen molar-refractivity contribution in [3.63, 3.8) is 0 Å². The van der Waals surface area contributed by atoms with Gasteiger partial charge in [-0.3, -0.25) is 5.43 Å². The van der Waals surface area contributed by atoms with Gasteiger partial charge in [0.25, 0.3) is 0 Å². The number of benzene rings is 1. The maximum Gasteiger partial charge on any atom is 0.436 e. The molecule has 2 amide bonds. The molecular weight excluding hydrogens is 320 g/mol. The van der Waals surface area contributed by atoms with Crippen LogP contribution in [0.15, 0.2) is 17.3 Å². The Bertz CT molecular complexity index is 573. The Morgan fingerprint density at radius 2 is 1.83 bits per heavy atom. The van der Waals surface area contributed by atoms with Gasteiger partial charge in [0.1, 0.15) is 18.2 Å². The van der Waals surface area contributed by atoms with Gasteiger partial charge < -0.3 is 19.8 Å². The van der Waals surface area contributed by atoms with Crippen LogP contribution in [0.25, 0.3) is 0 Å². The minimum Gasteiger partial charge on any atom is -0.463 e. The van der Waals surface area contributed by atoms with Crippen LogP contribution in [0, 0.1) is 11.6 Å². The first kappa shape index (κ1) is 18.1. The SMILES string of the molecule is COCCON=Cc1c(F)cc(NN(C(=O)O)C(=O)O)cc1F. The largest absolute Gasteiger partial charge is 0.463 e. The first-order valence-electron chi connectivity index (χ1n) is 6.02. The van der Waals surface area contributed by atoms with Crippen molar-refractivity contribution in [2.75, 3.05) is 25.7 Å². The van der Waals surface area contributed by atoms with Crippen molar-refractivity contribution in [3.8, 4) is 0 Å². The van der Waals surface area contributed by atoms with E-state index in [1.54, 1.807) is 0 Å². The minimum absolute atomic E-state index is 0.0854. The number of nitrogens with zero attached hydrogens (tertiary/aromatic N) is 2. The molecule has 0 bridgehead atoms. The molecule has 0 aliphatic rings. The number of hydrogen-bond donors (Lipinski definition) is 3. The number of halogens is 2. The standard InChI is InChI=1S/C12H13F2N3O6/c1-22-2-3-23-15-6-8-9(13)4-7(5-10(8)14)16-17(11(18)19)12(20)21/h4-6,16H,2-3H2,1H3,(H,18,19)(H,20,21). The molecule has 11 heteroatoms. The number of ether oxygens (including phenoxy) is 1. The number of imide groups is 1. The van der Waals surface area contributed by atoms with Crippen LogP contribution in [-0.2, 0) is 9.57 Å². The average molecular weight is 333 g/mol. The van der Waals surface area contributed by atoms with Gasteiger partial charge in [0.15, 0.2) is 0 Å². The van der Waals surface area contributed by atoms with Crippen LogP contribution in [0.5, 0.6) is 0 Å². The van der Waals surface area contributed by atoms with Gasteiger partial charge in [-0.2, -0.15) is 0 Å². The van der Waals surface area contributed by atoms with Gasteiger partial charge in [0, 0.05) is 7.11 Å². The van der Waals surface area contributed by atoms with Crippen LogP contribution in [0.4, 0.5) is 24.1 Å². The molecule has 126 valence electrons. The number of carboxylic acid groups (broad SMARTS) is 2. The molecule has 1 rings (SSSR count). The number of methoxy groups -OCH3 is 1. The Kier molecular flexibility index (Phi) is 6.68. The molecule has 0 spiro atoms. The molecule has 0 saturated carbocycles. The lowest BCUT2D eigenvalue weighted by atomic mass is 10.2. The molecule has 0 fully saturated rings. The molecule has 0 unspecified atom stereocenters. The van der Waals surface area contributed by atoms with Crippen molar-refractivity contribution >= 4 is 24.1 Å². The third-order valence-corrected chi connectivity index (χ3v) is 2.34. The number of anilines is 1. The molecule has 0 radical (unpaired) electrons. The van der Waals surface area contributed by atoms with Crippen LogP contribution >= 0.6 is 0 Å². The fourth-order valence-corrected chi connectivity index (χ4v) is 1.34. The van der Waals surface area contributed by atoms with Crippen LogP contribution in [-0.4, -0.2) is 53.9 Å². The molecule has 0 aliphatic heterocycles.